The predicted octanol–water partition coefficient (Wildman–Crippen LogP) is 2.84. The van der Waals surface area contributed by atoms with Gasteiger partial charge in [-0.15, -0.1) is 11.6 Å². The maximum Gasteiger partial charge on any atom is 0.259 e. The van der Waals surface area contributed by atoms with E-state index in [4.69, 9.17) is 23.8 Å². The normalized spacial score (nSPS) is 15.6. The van der Waals surface area contributed by atoms with Gasteiger partial charge in [0.15, 0.2) is 0 Å². The Morgan fingerprint density at radius 3 is 2.38 bits per heavy atom. The zero-order valence-corrected chi connectivity index (χ0v) is 10.7. The molecule has 16 heavy (non-hydrogen) atoms. The number of benzene rings is 1. The van der Waals surface area contributed by atoms with Gasteiger partial charge in [0.25, 0.3) is 5.91 Å². The lowest BCUT2D eigenvalue weighted by Gasteiger charge is -2.24. The van der Waals surface area contributed by atoms with Gasteiger partial charge < -0.3 is 0 Å². The summed E-state index contributed by atoms with van der Waals surface area (Å²) in [5.41, 5.74) is 1.51. The highest BCUT2D eigenvalue weighted by Crippen LogP contribution is 2.26. The fraction of sp³-hybridized carbons (Fsp3) is 0.333. The van der Waals surface area contributed by atoms with Crippen molar-refractivity contribution in [1.29, 1.82) is 0 Å². The second-order valence-electron chi connectivity index (χ2n) is 4.46. The van der Waals surface area contributed by atoms with Crippen LogP contribution < -0.4 is 0 Å². The molecule has 1 aromatic rings. The highest BCUT2D eigenvalue weighted by Gasteiger charge is 2.34. The minimum atomic E-state index is -0.470. The quantitative estimate of drug-likeness (QED) is 0.597. The maximum atomic E-state index is 12.1. The minimum Gasteiger partial charge on any atom is -0.297 e. The summed E-state index contributed by atoms with van der Waals surface area (Å²) in [5, 5.41) is 0. The van der Waals surface area contributed by atoms with E-state index in [9.17, 15) is 4.79 Å². The Morgan fingerprint density at radius 2 is 1.88 bits per heavy atom. The van der Waals surface area contributed by atoms with E-state index in [0.29, 0.717) is 17.1 Å². The van der Waals surface area contributed by atoms with Gasteiger partial charge in [0, 0.05) is 12.1 Å². The number of hydrogen-bond donors (Lipinski definition) is 0. The molecule has 2 nitrogen and oxygen atoms in total. The van der Waals surface area contributed by atoms with Gasteiger partial charge >= 0.3 is 0 Å². The molecule has 0 unspecified atom stereocenters. The van der Waals surface area contributed by atoms with Crippen LogP contribution in [-0.2, 0) is 0 Å². The summed E-state index contributed by atoms with van der Waals surface area (Å²) in [7, 11) is 0. The van der Waals surface area contributed by atoms with Crippen LogP contribution in [0.25, 0.3) is 0 Å². The minimum absolute atomic E-state index is 0.0469. The van der Waals surface area contributed by atoms with E-state index in [1.165, 1.54) is 0 Å². The zero-order chi connectivity index (χ0) is 11.9. The van der Waals surface area contributed by atoms with Crippen LogP contribution >= 0.6 is 23.8 Å². The monoisotopic (exact) mass is 253 g/mol. The number of carbonyl (C=O) groups is 1. The van der Waals surface area contributed by atoms with Crippen LogP contribution in [0, 0.1) is 0 Å². The number of fused-ring (bicyclic) bond motifs is 1. The van der Waals surface area contributed by atoms with Crippen molar-refractivity contribution >= 4 is 34.7 Å². The lowest BCUT2D eigenvalue weighted by molar-refractivity contribution is 0.0854. The van der Waals surface area contributed by atoms with Crippen molar-refractivity contribution in [2.45, 2.75) is 18.7 Å². The molecule has 2 rings (SSSR count). The molecule has 0 N–H and O–H groups in total. The maximum absolute atomic E-state index is 12.1. The molecule has 4 heteroatoms. The Labute approximate surface area is 105 Å². The predicted molar refractivity (Wildman–Crippen MR) is 69.1 cm³/mol. The average molecular weight is 254 g/mol. The van der Waals surface area contributed by atoms with Crippen molar-refractivity contribution in [2.75, 3.05) is 6.54 Å². The summed E-state index contributed by atoms with van der Waals surface area (Å²) in [6.45, 7) is 4.17. The number of halogens is 1. The molecule has 1 heterocycles. The lowest BCUT2D eigenvalue weighted by atomic mass is 10.1. The number of carbonyl (C=O) groups excluding carboxylic acids is 1. The zero-order valence-electron chi connectivity index (χ0n) is 9.16. The molecule has 0 aliphatic carbocycles. The number of alkyl halides is 1. The van der Waals surface area contributed by atoms with Gasteiger partial charge in [0.05, 0.1) is 10.4 Å². The highest BCUT2D eigenvalue weighted by atomic mass is 35.5. The summed E-state index contributed by atoms with van der Waals surface area (Å²) >= 11 is 11.4. The van der Waals surface area contributed by atoms with Gasteiger partial charge in [0.1, 0.15) is 4.99 Å². The Bertz CT molecular complexity index is 429. The van der Waals surface area contributed by atoms with Crippen LogP contribution in [0.15, 0.2) is 24.3 Å². The van der Waals surface area contributed by atoms with Crippen molar-refractivity contribution in [1.82, 2.24) is 4.90 Å². The summed E-state index contributed by atoms with van der Waals surface area (Å²) in [6, 6.07) is 7.39. The smallest absolute Gasteiger partial charge is 0.259 e. The molecule has 0 fully saturated rings. The Kier molecular flexibility index (Phi) is 2.76. The number of thiocarbonyl (C=S) groups is 1. The van der Waals surface area contributed by atoms with Crippen molar-refractivity contribution in [2.24, 2.45) is 0 Å². The summed E-state index contributed by atoms with van der Waals surface area (Å²) in [5.74, 6) is -0.0469. The summed E-state index contributed by atoms with van der Waals surface area (Å²) in [6.07, 6.45) is 0. The van der Waals surface area contributed by atoms with E-state index < -0.39 is 4.87 Å². The molecule has 1 aliphatic heterocycles. The van der Waals surface area contributed by atoms with Crippen LogP contribution in [0.5, 0.6) is 0 Å². The van der Waals surface area contributed by atoms with Gasteiger partial charge in [-0.1, -0.05) is 30.4 Å². The van der Waals surface area contributed by atoms with E-state index >= 15 is 0 Å². The molecular formula is C12H12ClNOS. The Morgan fingerprint density at radius 1 is 1.31 bits per heavy atom. The third-order valence-electron chi connectivity index (χ3n) is 2.41. The molecule has 1 aliphatic rings. The van der Waals surface area contributed by atoms with Crippen LogP contribution in [0.3, 0.4) is 0 Å². The molecule has 1 aromatic carbocycles. The molecule has 0 radical (unpaired) electrons. The molecule has 0 saturated heterocycles. The SMILES string of the molecule is CC(C)(Cl)CN1C(=O)c2ccccc2C1=S. The summed E-state index contributed by atoms with van der Waals surface area (Å²) < 4.78 is 0. The third kappa shape index (κ3) is 1.97. The van der Waals surface area contributed by atoms with E-state index in [-0.39, 0.29) is 5.91 Å². The first-order valence-corrected chi connectivity index (χ1v) is 5.83. The van der Waals surface area contributed by atoms with Crippen LogP contribution in [0.2, 0.25) is 0 Å². The van der Waals surface area contributed by atoms with Gasteiger partial charge in [0.2, 0.25) is 0 Å². The van der Waals surface area contributed by atoms with Gasteiger partial charge in [-0.25, -0.2) is 0 Å². The van der Waals surface area contributed by atoms with E-state index in [1.54, 1.807) is 11.0 Å². The van der Waals surface area contributed by atoms with E-state index in [2.05, 4.69) is 0 Å². The van der Waals surface area contributed by atoms with E-state index in [1.807, 2.05) is 32.0 Å². The largest absolute Gasteiger partial charge is 0.297 e. The molecule has 0 spiro atoms. The first-order chi connectivity index (χ1) is 7.40. The molecule has 84 valence electrons. The second kappa shape index (κ2) is 3.82. The van der Waals surface area contributed by atoms with Crippen molar-refractivity contribution < 1.29 is 4.79 Å². The molecular weight excluding hydrogens is 242 g/mol. The first kappa shape index (κ1) is 11.6. The fourth-order valence-corrected chi connectivity index (χ4v) is 2.20. The topological polar surface area (TPSA) is 20.3 Å². The van der Waals surface area contributed by atoms with Crippen LogP contribution in [0.4, 0.5) is 0 Å². The number of hydrogen-bond acceptors (Lipinski definition) is 2. The highest BCUT2D eigenvalue weighted by molar-refractivity contribution is 7.80. The van der Waals surface area contributed by atoms with Crippen molar-refractivity contribution in [3.8, 4) is 0 Å². The summed E-state index contributed by atoms with van der Waals surface area (Å²) in [4.78, 5) is 13.7. The number of nitrogens with zero attached hydrogens (tertiary/aromatic N) is 1. The van der Waals surface area contributed by atoms with Gasteiger partial charge in [-0.05, 0) is 19.9 Å². The van der Waals surface area contributed by atoms with Crippen molar-refractivity contribution in [3.63, 3.8) is 0 Å². The van der Waals surface area contributed by atoms with E-state index in [0.717, 1.165) is 5.56 Å². The lowest BCUT2D eigenvalue weighted by Crippen LogP contribution is -2.38. The van der Waals surface area contributed by atoms with Gasteiger partial charge in [-0.2, -0.15) is 0 Å². The average Bonchev–Trinajstić information content (AvgIpc) is 2.43. The molecule has 0 atom stereocenters. The Balaban J connectivity index is 2.36. The standard InChI is InChI=1S/C12H12ClNOS/c1-12(2,13)7-14-10(15)8-5-3-4-6-9(8)11(14)16/h3-6H,7H2,1-2H3. The second-order valence-corrected chi connectivity index (χ2v) is 5.87. The number of amides is 1. The van der Waals surface area contributed by atoms with Crippen LogP contribution in [0.1, 0.15) is 29.8 Å². The third-order valence-corrected chi connectivity index (χ3v) is 2.97. The number of rotatable bonds is 2. The molecule has 0 saturated carbocycles. The van der Waals surface area contributed by atoms with Gasteiger partial charge in [-0.3, -0.25) is 9.69 Å². The molecule has 0 aromatic heterocycles. The molecule has 0 bridgehead atoms. The Hall–Kier alpha value is -0.930. The molecule has 1 amide bonds. The first-order valence-electron chi connectivity index (χ1n) is 5.04. The van der Waals surface area contributed by atoms with Crippen molar-refractivity contribution in [3.05, 3.63) is 35.4 Å². The fourth-order valence-electron chi connectivity index (χ4n) is 1.76. The van der Waals surface area contributed by atoms with Crippen LogP contribution in [-0.4, -0.2) is 27.2 Å².